The number of likely N-dealkylation sites (tertiary alicyclic amines) is 1. The fraction of sp³-hybridized carbons (Fsp3) is 0.583. The number of piperidine rings is 1. The van der Waals surface area contributed by atoms with Crippen LogP contribution in [0.2, 0.25) is 5.15 Å². The molecule has 1 aliphatic rings. The van der Waals surface area contributed by atoms with Gasteiger partial charge in [-0.05, 0) is 12.8 Å². The fourth-order valence-electron chi connectivity index (χ4n) is 2.14. The van der Waals surface area contributed by atoms with Gasteiger partial charge in [-0.2, -0.15) is 0 Å². The van der Waals surface area contributed by atoms with Crippen LogP contribution >= 0.6 is 11.6 Å². The minimum atomic E-state index is -2.31. The van der Waals surface area contributed by atoms with E-state index >= 15 is 0 Å². The van der Waals surface area contributed by atoms with E-state index in [0.29, 0.717) is 25.9 Å². The van der Waals surface area contributed by atoms with Crippen LogP contribution in [0.3, 0.4) is 0 Å². The molecular formula is C12H15ClF2N4O. The molecule has 0 saturated carbocycles. The van der Waals surface area contributed by atoms with Crippen molar-refractivity contribution in [1.29, 1.82) is 0 Å². The Bertz CT molecular complexity index is 449. The van der Waals surface area contributed by atoms with Gasteiger partial charge in [-0.15, -0.1) is 0 Å². The van der Waals surface area contributed by atoms with Gasteiger partial charge in [0.1, 0.15) is 10.8 Å². The molecule has 0 radical (unpaired) electrons. The average molecular weight is 305 g/mol. The number of rotatable bonds is 4. The normalized spacial score (nSPS) is 17.4. The Morgan fingerprint density at radius 2 is 2.10 bits per heavy atom. The van der Waals surface area contributed by atoms with Crippen molar-refractivity contribution in [3.8, 4) is 0 Å². The first-order valence-electron chi connectivity index (χ1n) is 6.33. The molecule has 20 heavy (non-hydrogen) atoms. The third-order valence-corrected chi connectivity index (χ3v) is 3.37. The van der Waals surface area contributed by atoms with Gasteiger partial charge in [0, 0.05) is 19.1 Å². The van der Waals surface area contributed by atoms with E-state index in [1.165, 1.54) is 12.4 Å². The number of hydrogen-bond donors (Lipinski definition) is 1. The van der Waals surface area contributed by atoms with Crippen LogP contribution in [0.4, 0.5) is 8.78 Å². The Hall–Kier alpha value is -1.34. The molecule has 1 aromatic rings. The summed E-state index contributed by atoms with van der Waals surface area (Å²) < 4.78 is 24.5. The van der Waals surface area contributed by atoms with Crippen LogP contribution in [-0.2, 0) is 0 Å². The predicted octanol–water partition coefficient (Wildman–Crippen LogP) is 1.59. The van der Waals surface area contributed by atoms with Crippen LogP contribution in [0.25, 0.3) is 0 Å². The zero-order chi connectivity index (χ0) is 14.5. The second-order valence-electron chi connectivity index (χ2n) is 4.66. The zero-order valence-electron chi connectivity index (χ0n) is 10.7. The topological polar surface area (TPSA) is 58.1 Å². The summed E-state index contributed by atoms with van der Waals surface area (Å²) in [4.78, 5) is 21.3. The summed E-state index contributed by atoms with van der Waals surface area (Å²) >= 11 is 5.59. The number of nitrogens with zero attached hydrogens (tertiary/aromatic N) is 3. The monoisotopic (exact) mass is 304 g/mol. The van der Waals surface area contributed by atoms with Crippen LogP contribution < -0.4 is 5.32 Å². The Balaban J connectivity index is 1.80. The molecular weight excluding hydrogens is 290 g/mol. The van der Waals surface area contributed by atoms with Gasteiger partial charge in [0.25, 0.3) is 12.3 Å². The van der Waals surface area contributed by atoms with Crippen molar-refractivity contribution >= 4 is 17.5 Å². The third kappa shape index (κ3) is 4.35. The lowest BCUT2D eigenvalue weighted by molar-refractivity contribution is 0.0695. The van der Waals surface area contributed by atoms with Crippen molar-refractivity contribution in [2.45, 2.75) is 25.3 Å². The van der Waals surface area contributed by atoms with E-state index in [4.69, 9.17) is 11.6 Å². The van der Waals surface area contributed by atoms with E-state index in [0.717, 1.165) is 0 Å². The molecule has 110 valence electrons. The molecule has 1 N–H and O–H groups in total. The first-order chi connectivity index (χ1) is 9.54. The molecule has 1 aromatic heterocycles. The van der Waals surface area contributed by atoms with Gasteiger partial charge in [0.15, 0.2) is 0 Å². The van der Waals surface area contributed by atoms with E-state index in [1.807, 2.05) is 0 Å². The summed E-state index contributed by atoms with van der Waals surface area (Å²) in [6, 6.07) is -0.0195. The van der Waals surface area contributed by atoms with Crippen molar-refractivity contribution < 1.29 is 13.6 Å². The molecule has 0 atom stereocenters. The smallest absolute Gasteiger partial charge is 0.271 e. The number of amides is 1. The number of aromatic nitrogens is 2. The highest BCUT2D eigenvalue weighted by Crippen LogP contribution is 2.12. The Labute approximate surface area is 120 Å². The van der Waals surface area contributed by atoms with Crippen molar-refractivity contribution in [3.05, 3.63) is 23.2 Å². The van der Waals surface area contributed by atoms with E-state index in [2.05, 4.69) is 15.3 Å². The molecule has 1 saturated heterocycles. The largest absolute Gasteiger partial charge is 0.348 e. The number of carbonyl (C=O) groups is 1. The molecule has 0 unspecified atom stereocenters. The predicted molar refractivity (Wildman–Crippen MR) is 70.0 cm³/mol. The summed E-state index contributed by atoms with van der Waals surface area (Å²) in [6.45, 7) is 0.909. The molecule has 0 spiro atoms. The highest BCUT2D eigenvalue weighted by atomic mass is 35.5. The fourth-order valence-corrected chi connectivity index (χ4v) is 2.24. The minimum Gasteiger partial charge on any atom is -0.348 e. The maximum Gasteiger partial charge on any atom is 0.271 e. The molecule has 1 amide bonds. The van der Waals surface area contributed by atoms with Crippen LogP contribution in [0, 0.1) is 0 Å². The van der Waals surface area contributed by atoms with E-state index in [9.17, 15) is 13.6 Å². The van der Waals surface area contributed by atoms with Gasteiger partial charge in [-0.3, -0.25) is 9.69 Å². The molecule has 2 heterocycles. The highest BCUT2D eigenvalue weighted by Gasteiger charge is 2.23. The molecule has 2 rings (SSSR count). The van der Waals surface area contributed by atoms with Crippen molar-refractivity contribution in [1.82, 2.24) is 20.2 Å². The summed E-state index contributed by atoms with van der Waals surface area (Å²) in [5.74, 6) is -0.318. The van der Waals surface area contributed by atoms with Crippen LogP contribution in [-0.4, -0.2) is 52.9 Å². The Morgan fingerprint density at radius 3 is 2.65 bits per heavy atom. The molecule has 5 nitrogen and oxygen atoms in total. The number of hydrogen-bond acceptors (Lipinski definition) is 4. The summed E-state index contributed by atoms with van der Waals surface area (Å²) in [6.07, 6.45) is 1.61. The molecule has 0 aromatic carbocycles. The van der Waals surface area contributed by atoms with E-state index in [-0.39, 0.29) is 29.3 Å². The first-order valence-corrected chi connectivity index (χ1v) is 6.71. The van der Waals surface area contributed by atoms with Gasteiger partial charge >= 0.3 is 0 Å². The lowest BCUT2D eigenvalue weighted by atomic mass is 10.0. The molecule has 0 bridgehead atoms. The standard InChI is InChI=1S/C12H15ClF2N4O/c13-10-6-16-9(5-17-10)12(20)18-8-1-3-19(4-2-8)7-11(14)15/h5-6,8,11H,1-4,7H2,(H,18,20). The number of nitrogens with one attached hydrogen (secondary N) is 1. The number of carbonyl (C=O) groups excluding carboxylic acids is 1. The van der Waals surface area contributed by atoms with Gasteiger partial charge in [-0.25, -0.2) is 18.7 Å². The van der Waals surface area contributed by atoms with Gasteiger partial charge in [0.05, 0.1) is 18.9 Å². The quantitative estimate of drug-likeness (QED) is 0.918. The van der Waals surface area contributed by atoms with E-state index < -0.39 is 6.43 Å². The van der Waals surface area contributed by atoms with Crippen molar-refractivity contribution in [2.75, 3.05) is 19.6 Å². The lowest BCUT2D eigenvalue weighted by Crippen LogP contribution is -2.45. The highest BCUT2D eigenvalue weighted by molar-refractivity contribution is 6.29. The van der Waals surface area contributed by atoms with Gasteiger partial charge in [-0.1, -0.05) is 11.6 Å². The molecule has 1 aliphatic heterocycles. The van der Waals surface area contributed by atoms with Gasteiger partial charge < -0.3 is 5.32 Å². The molecule has 1 fully saturated rings. The van der Waals surface area contributed by atoms with Crippen LogP contribution in [0.5, 0.6) is 0 Å². The van der Waals surface area contributed by atoms with Crippen molar-refractivity contribution in [3.63, 3.8) is 0 Å². The van der Waals surface area contributed by atoms with Gasteiger partial charge in [0.2, 0.25) is 0 Å². The SMILES string of the molecule is O=C(NC1CCN(CC(F)F)CC1)c1cnc(Cl)cn1. The lowest BCUT2D eigenvalue weighted by Gasteiger charge is -2.31. The Kier molecular flexibility index (Phi) is 5.19. The second-order valence-corrected chi connectivity index (χ2v) is 5.05. The second kappa shape index (κ2) is 6.90. The Morgan fingerprint density at radius 1 is 1.40 bits per heavy atom. The number of halogens is 3. The first kappa shape index (κ1) is 15.1. The van der Waals surface area contributed by atoms with Crippen molar-refractivity contribution in [2.24, 2.45) is 0 Å². The summed E-state index contributed by atoms with van der Waals surface area (Å²) in [7, 11) is 0. The summed E-state index contributed by atoms with van der Waals surface area (Å²) in [5.41, 5.74) is 0.199. The van der Waals surface area contributed by atoms with E-state index in [1.54, 1.807) is 4.90 Å². The maximum absolute atomic E-state index is 12.2. The van der Waals surface area contributed by atoms with Crippen LogP contribution in [0.1, 0.15) is 23.3 Å². The summed E-state index contributed by atoms with van der Waals surface area (Å²) in [5, 5.41) is 3.05. The average Bonchev–Trinajstić information content (AvgIpc) is 2.41. The third-order valence-electron chi connectivity index (χ3n) is 3.17. The maximum atomic E-state index is 12.2. The molecule has 8 heteroatoms. The van der Waals surface area contributed by atoms with Crippen LogP contribution in [0.15, 0.2) is 12.4 Å². The number of alkyl halides is 2. The zero-order valence-corrected chi connectivity index (χ0v) is 11.5. The molecule has 0 aliphatic carbocycles. The minimum absolute atomic E-state index is 0.0195.